The van der Waals surface area contributed by atoms with Crippen LogP contribution in [0, 0.1) is 0 Å². The molecule has 1 unspecified atom stereocenters. The molecule has 0 amide bonds. The molecule has 2 aromatic carbocycles. The van der Waals surface area contributed by atoms with E-state index in [0.717, 1.165) is 41.7 Å². The SMILES string of the molecule is CC1CN(Cc2cccc(OCCO)c2)Cc2cc(Cl)ccc2O1. The summed E-state index contributed by atoms with van der Waals surface area (Å²) in [5.41, 5.74) is 2.28. The third-order valence-corrected chi connectivity index (χ3v) is 4.16. The van der Waals surface area contributed by atoms with Crippen LogP contribution in [0.2, 0.25) is 5.02 Å². The van der Waals surface area contributed by atoms with E-state index in [1.54, 1.807) is 0 Å². The van der Waals surface area contributed by atoms with Crippen molar-refractivity contribution in [3.8, 4) is 11.5 Å². The Morgan fingerprint density at radius 1 is 1.29 bits per heavy atom. The van der Waals surface area contributed by atoms with Crippen LogP contribution in [0.25, 0.3) is 0 Å². The maximum atomic E-state index is 8.88. The molecular weight excluding hydrogens is 326 g/mol. The standard InChI is InChI=1S/C19H22ClNO3/c1-14-11-21(13-16-10-17(20)5-6-19(16)24-14)12-15-3-2-4-18(9-15)23-8-7-22/h2-6,9-10,14,22H,7-8,11-13H2,1H3. The molecular formula is C19H22ClNO3. The van der Waals surface area contributed by atoms with Gasteiger partial charge in [0.05, 0.1) is 6.61 Å². The fourth-order valence-corrected chi connectivity index (χ4v) is 3.18. The molecule has 1 N–H and O–H groups in total. The van der Waals surface area contributed by atoms with Crippen molar-refractivity contribution in [2.45, 2.75) is 26.1 Å². The largest absolute Gasteiger partial charge is 0.491 e. The van der Waals surface area contributed by atoms with E-state index in [2.05, 4.69) is 17.9 Å². The summed E-state index contributed by atoms with van der Waals surface area (Å²) < 4.78 is 11.5. The summed E-state index contributed by atoms with van der Waals surface area (Å²) in [6, 6.07) is 13.8. The lowest BCUT2D eigenvalue weighted by Gasteiger charge is -2.22. The number of hydrogen-bond donors (Lipinski definition) is 1. The molecule has 0 saturated carbocycles. The van der Waals surface area contributed by atoms with Gasteiger partial charge in [0.25, 0.3) is 0 Å². The van der Waals surface area contributed by atoms with Gasteiger partial charge in [-0.25, -0.2) is 0 Å². The van der Waals surface area contributed by atoms with Gasteiger partial charge in [-0.05, 0) is 42.8 Å². The molecule has 0 spiro atoms. The van der Waals surface area contributed by atoms with Crippen molar-refractivity contribution < 1.29 is 14.6 Å². The predicted molar refractivity (Wildman–Crippen MR) is 94.7 cm³/mol. The number of fused-ring (bicyclic) bond motifs is 1. The molecule has 0 aliphatic carbocycles. The highest BCUT2D eigenvalue weighted by Crippen LogP contribution is 2.29. The van der Waals surface area contributed by atoms with Gasteiger partial charge in [-0.1, -0.05) is 23.7 Å². The second-order valence-electron chi connectivity index (χ2n) is 6.07. The normalized spacial score (nSPS) is 17.7. The van der Waals surface area contributed by atoms with Crippen molar-refractivity contribution in [2.24, 2.45) is 0 Å². The predicted octanol–water partition coefficient (Wildman–Crippen LogP) is 3.49. The summed E-state index contributed by atoms with van der Waals surface area (Å²) in [6.45, 7) is 4.84. The molecule has 0 radical (unpaired) electrons. The minimum absolute atomic E-state index is 0.0166. The topological polar surface area (TPSA) is 41.9 Å². The average molecular weight is 348 g/mol. The van der Waals surface area contributed by atoms with E-state index in [9.17, 15) is 0 Å². The van der Waals surface area contributed by atoms with Crippen molar-refractivity contribution in [3.63, 3.8) is 0 Å². The number of aliphatic hydroxyl groups excluding tert-OH is 1. The highest BCUT2D eigenvalue weighted by atomic mass is 35.5. The number of aliphatic hydroxyl groups is 1. The number of rotatable bonds is 5. The van der Waals surface area contributed by atoms with Crippen LogP contribution in [-0.4, -0.2) is 35.9 Å². The van der Waals surface area contributed by atoms with E-state index in [1.807, 2.05) is 36.4 Å². The van der Waals surface area contributed by atoms with Crippen LogP contribution in [0.1, 0.15) is 18.1 Å². The Labute approximate surface area is 147 Å². The van der Waals surface area contributed by atoms with Gasteiger partial charge in [0, 0.05) is 30.2 Å². The molecule has 128 valence electrons. The van der Waals surface area contributed by atoms with Crippen molar-refractivity contribution in [2.75, 3.05) is 19.8 Å². The number of hydrogen-bond acceptors (Lipinski definition) is 4. The van der Waals surface area contributed by atoms with E-state index in [1.165, 1.54) is 5.56 Å². The molecule has 5 heteroatoms. The van der Waals surface area contributed by atoms with Crippen molar-refractivity contribution in [3.05, 3.63) is 58.6 Å². The van der Waals surface area contributed by atoms with E-state index in [-0.39, 0.29) is 12.7 Å². The average Bonchev–Trinajstić information content (AvgIpc) is 2.70. The third kappa shape index (κ3) is 4.41. The first kappa shape index (κ1) is 17.1. The molecule has 0 saturated heterocycles. The fourth-order valence-electron chi connectivity index (χ4n) is 2.99. The quantitative estimate of drug-likeness (QED) is 0.899. The van der Waals surface area contributed by atoms with Crippen LogP contribution < -0.4 is 9.47 Å². The third-order valence-electron chi connectivity index (χ3n) is 3.92. The molecule has 4 nitrogen and oxygen atoms in total. The lowest BCUT2D eigenvalue weighted by molar-refractivity contribution is 0.156. The molecule has 0 bridgehead atoms. The van der Waals surface area contributed by atoms with Crippen molar-refractivity contribution >= 4 is 11.6 Å². The summed E-state index contributed by atoms with van der Waals surface area (Å²) >= 11 is 6.13. The zero-order valence-corrected chi connectivity index (χ0v) is 14.5. The first-order valence-corrected chi connectivity index (χ1v) is 8.52. The Bertz CT molecular complexity index is 692. The Kier molecular flexibility index (Phi) is 5.61. The second-order valence-corrected chi connectivity index (χ2v) is 6.51. The lowest BCUT2D eigenvalue weighted by Crippen LogP contribution is -2.30. The smallest absolute Gasteiger partial charge is 0.124 e. The maximum Gasteiger partial charge on any atom is 0.124 e. The first-order valence-electron chi connectivity index (χ1n) is 8.14. The van der Waals surface area contributed by atoms with Gasteiger partial charge in [-0.2, -0.15) is 0 Å². The molecule has 1 aliphatic rings. The Hall–Kier alpha value is -1.75. The van der Waals surface area contributed by atoms with Gasteiger partial charge < -0.3 is 14.6 Å². The molecule has 1 heterocycles. The number of halogens is 1. The molecule has 1 atom stereocenters. The Balaban J connectivity index is 1.75. The molecule has 2 aromatic rings. The first-order chi connectivity index (χ1) is 11.6. The molecule has 0 fully saturated rings. The van der Waals surface area contributed by atoms with Crippen LogP contribution in [0.5, 0.6) is 11.5 Å². The van der Waals surface area contributed by atoms with Gasteiger partial charge in [0.2, 0.25) is 0 Å². The zero-order valence-electron chi connectivity index (χ0n) is 13.7. The molecule has 0 aromatic heterocycles. The van der Waals surface area contributed by atoms with Crippen LogP contribution in [0.3, 0.4) is 0 Å². The monoisotopic (exact) mass is 347 g/mol. The number of nitrogens with zero attached hydrogens (tertiary/aromatic N) is 1. The van der Waals surface area contributed by atoms with Crippen LogP contribution in [0.15, 0.2) is 42.5 Å². The fraction of sp³-hybridized carbons (Fsp3) is 0.368. The maximum absolute atomic E-state index is 8.88. The van der Waals surface area contributed by atoms with Gasteiger partial charge in [0.1, 0.15) is 24.2 Å². The van der Waals surface area contributed by atoms with Crippen LogP contribution in [0.4, 0.5) is 0 Å². The van der Waals surface area contributed by atoms with Gasteiger partial charge >= 0.3 is 0 Å². The summed E-state index contributed by atoms with van der Waals surface area (Å²) in [7, 11) is 0. The van der Waals surface area contributed by atoms with Crippen molar-refractivity contribution in [1.29, 1.82) is 0 Å². The number of ether oxygens (including phenoxy) is 2. The minimum atomic E-state index is 0.0166. The molecule has 24 heavy (non-hydrogen) atoms. The summed E-state index contributed by atoms with van der Waals surface area (Å²) in [5, 5.41) is 9.60. The number of benzene rings is 2. The van der Waals surface area contributed by atoms with Gasteiger partial charge in [-0.3, -0.25) is 4.90 Å². The van der Waals surface area contributed by atoms with Gasteiger partial charge in [-0.15, -0.1) is 0 Å². The highest BCUT2D eigenvalue weighted by Gasteiger charge is 2.20. The highest BCUT2D eigenvalue weighted by molar-refractivity contribution is 6.30. The molecule has 1 aliphatic heterocycles. The molecule has 3 rings (SSSR count). The zero-order chi connectivity index (χ0) is 16.9. The summed E-state index contributed by atoms with van der Waals surface area (Å²) in [4.78, 5) is 2.35. The lowest BCUT2D eigenvalue weighted by atomic mass is 10.1. The minimum Gasteiger partial charge on any atom is -0.491 e. The summed E-state index contributed by atoms with van der Waals surface area (Å²) in [5.74, 6) is 1.69. The van der Waals surface area contributed by atoms with Gasteiger partial charge in [0.15, 0.2) is 0 Å². The Morgan fingerprint density at radius 3 is 3.00 bits per heavy atom. The second kappa shape index (κ2) is 7.88. The van der Waals surface area contributed by atoms with E-state index in [0.29, 0.717) is 6.61 Å². The van der Waals surface area contributed by atoms with E-state index in [4.69, 9.17) is 26.2 Å². The van der Waals surface area contributed by atoms with Crippen LogP contribution in [-0.2, 0) is 13.1 Å². The van der Waals surface area contributed by atoms with Crippen LogP contribution >= 0.6 is 11.6 Å². The van der Waals surface area contributed by atoms with E-state index < -0.39 is 0 Å². The Morgan fingerprint density at radius 2 is 2.17 bits per heavy atom. The summed E-state index contributed by atoms with van der Waals surface area (Å²) in [6.07, 6.45) is 0.112. The van der Waals surface area contributed by atoms with E-state index >= 15 is 0 Å². The van der Waals surface area contributed by atoms with Crippen molar-refractivity contribution in [1.82, 2.24) is 4.90 Å².